The first-order valence-corrected chi connectivity index (χ1v) is 6.13. The highest BCUT2D eigenvalue weighted by molar-refractivity contribution is 9.10. The monoisotopic (exact) mass is 312 g/mol. The molecule has 1 aromatic carbocycles. The Hall–Kier alpha value is -1.26. The average molecular weight is 314 g/mol. The van der Waals surface area contributed by atoms with Crippen LogP contribution in [-0.4, -0.2) is 4.57 Å². The molecule has 0 radical (unpaired) electrons. The second kappa shape index (κ2) is 4.94. The zero-order valence-electron chi connectivity index (χ0n) is 8.86. The molecule has 0 aliphatic heterocycles. The highest BCUT2D eigenvalue weighted by Crippen LogP contribution is 2.13. The van der Waals surface area contributed by atoms with E-state index in [2.05, 4.69) is 15.9 Å². The molecule has 0 fully saturated rings. The van der Waals surface area contributed by atoms with Gasteiger partial charge in [0, 0.05) is 15.7 Å². The zero-order chi connectivity index (χ0) is 12.4. The van der Waals surface area contributed by atoms with E-state index in [1.165, 1.54) is 0 Å². The molecular weight excluding hydrogens is 304 g/mol. The topological polar surface area (TPSA) is 48.0 Å². The van der Waals surface area contributed by atoms with Crippen molar-refractivity contribution < 1.29 is 0 Å². The van der Waals surface area contributed by atoms with E-state index in [9.17, 15) is 4.79 Å². The third-order valence-electron chi connectivity index (χ3n) is 2.35. The fourth-order valence-corrected chi connectivity index (χ4v) is 2.14. The first-order chi connectivity index (χ1) is 8.06. The van der Waals surface area contributed by atoms with Crippen LogP contribution in [0.25, 0.3) is 0 Å². The summed E-state index contributed by atoms with van der Waals surface area (Å²) in [4.78, 5) is 11.8. The number of anilines is 1. The maximum atomic E-state index is 11.8. The molecule has 5 heteroatoms. The van der Waals surface area contributed by atoms with Crippen LogP contribution in [0.1, 0.15) is 5.56 Å². The van der Waals surface area contributed by atoms with Crippen LogP contribution >= 0.6 is 27.5 Å². The fourth-order valence-electron chi connectivity index (χ4n) is 1.52. The van der Waals surface area contributed by atoms with Gasteiger partial charge in [-0.1, -0.05) is 23.7 Å². The molecule has 0 unspecified atom stereocenters. The summed E-state index contributed by atoms with van der Waals surface area (Å²) in [5.41, 5.74) is 6.65. The maximum Gasteiger partial charge on any atom is 0.274 e. The number of hydrogen-bond acceptors (Lipinski definition) is 2. The van der Waals surface area contributed by atoms with Gasteiger partial charge in [-0.2, -0.15) is 0 Å². The molecule has 17 heavy (non-hydrogen) atoms. The smallest absolute Gasteiger partial charge is 0.274 e. The summed E-state index contributed by atoms with van der Waals surface area (Å²) in [6, 6.07) is 8.95. The predicted molar refractivity (Wildman–Crippen MR) is 73.4 cm³/mol. The van der Waals surface area contributed by atoms with Crippen LogP contribution in [0.3, 0.4) is 0 Å². The summed E-state index contributed by atoms with van der Waals surface area (Å²) in [5, 5.41) is 0.676. The molecule has 1 aromatic heterocycles. The van der Waals surface area contributed by atoms with Crippen molar-refractivity contribution in [2.24, 2.45) is 0 Å². The Balaban J connectivity index is 2.36. The SMILES string of the molecule is Nc1cc(Br)cn(Cc2ccc(Cl)cc2)c1=O. The first-order valence-electron chi connectivity index (χ1n) is 4.96. The normalized spacial score (nSPS) is 10.5. The maximum absolute atomic E-state index is 11.8. The molecule has 2 aromatic rings. The molecule has 2 N–H and O–H groups in total. The van der Waals surface area contributed by atoms with E-state index < -0.39 is 0 Å². The molecule has 0 saturated carbocycles. The number of aromatic nitrogens is 1. The van der Waals surface area contributed by atoms with Gasteiger partial charge in [0.25, 0.3) is 5.56 Å². The molecule has 88 valence electrons. The third-order valence-corrected chi connectivity index (χ3v) is 3.03. The van der Waals surface area contributed by atoms with Crippen LogP contribution in [-0.2, 0) is 6.54 Å². The highest BCUT2D eigenvalue weighted by atomic mass is 79.9. The number of hydrogen-bond donors (Lipinski definition) is 1. The number of halogens is 2. The van der Waals surface area contributed by atoms with Gasteiger partial charge in [-0.25, -0.2) is 0 Å². The van der Waals surface area contributed by atoms with Gasteiger partial charge in [0.15, 0.2) is 0 Å². The van der Waals surface area contributed by atoms with Crippen LogP contribution in [0.2, 0.25) is 5.02 Å². The standard InChI is InChI=1S/C12H10BrClN2O/c13-9-5-11(15)12(17)16(7-9)6-8-1-3-10(14)4-2-8/h1-5,7H,6,15H2. The molecule has 0 aliphatic carbocycles. The summed E-state index contributed by atoms with van der Waals surface area (Å²) in [6.07, 6.45) is 1.72. The molecule has 0 bridgehead atoms. The number of nitrogens with zero attached hydrogens (tertiary/aromatic N) is 1. The second-order valence-corrected chi connectivity index (χ2v) is 5.03. The van der Waals surface area contributed by atoms with Crippen LogP contribution in [0.4, 0.5) is 5.69 Å². The van der Waals surface area contributed by atoms with E-state index in [1.54, 1.807) is 29.0 Å². The van der Waals surface area contributed by atoms with Crippen LogP contribution < -0.4 is 11.3 Å². The summed E-state index contributed by atoms with van der Waals surface area (Å²) in [6.45, 7) is 0.472. The lowest BCUT2D eigenvalue weighted by Gasteiger charge is -2.07. The summed E-state index contributed by atoms with van der Waals surface area (Å²) in [7, 11) is 0. The third kappa shape index (κ3) is 2.90. The molecule has 3 nitrogen and oxygen atoms in total. The van der Waals surface area contributed by atoms with E-state index in [0.29, 0.717) is 11.6 Å². The van der Waals surface area contributed by atoms with E-state index in [1.807, 2.05) is 12.1 Å². The minimum absolute atomic E-state index is 0.192. The van der Waals surface area contributed by atoms with Gasteiger partial charge < -0.3 is 10.3 Å². The molecule has 0 aliphatic rings. The number of benzene rings is 1. The lowest BCUT2D eigenvalue weighted by molar-refractivity contribution is 0.759. The molecule has 0 spiro atoms. The van der Waals surface area contributed by atoms with Gasteiger partial charge in [-0.15, -0.1) is 0 Å². The Morgan fingerprint density at radius 3 is 2.59 bits per heavy atom. The van der Waals surface area contributed by atoms with Crippen molar-refractivity contribution in [3.63, 3.8) is 0 Å². The predicted octanol–water partition coefficient (Wildman–Crippen LogP) is 2.89. The van der Waals surface area contributed by atoms with Gasteiger partial charge in [-0.3, -0.25) is 4.79 Å². The van der Waals surface area contributed by atoms with Gasteiger partial charge in [0.2, 0.25) is 0 Å². The summed E-state index contributed by atoms with van der Waals surface area (Å²) in [5.74, 6) is 0. The minimum atomic E-state index is -0.192. The van der Waals surface area contributed by atoms with Crippen LogP contribution in [0.15, 0.2) is 45.8 Å². The lowest BCUT2D eigenvalue weighted by Crippen LogP contribution is -2.22. The van der Waals surface area contributed by atoms with Crippen molar-refractivity contribution in [2.75, 3.05) is 5.73 Å². The van der Waals surface area contributed by atoms with Crippen LogP contribution in [0, 0.1) is 0 Å². The minimum Gasteiger partial charge on any atom is -0.394 e. The quantitative estimate of drug-likeness (QED) is 0.926. The van der Waals surface area contributed by atoms with Crippen LogP contribution in [0.5, 0.6) is 0 Å². The number of rotatable bonds is 2. The average Bonchev–Trinajstić information content (AvgIpc) is 2.28. The Morgan fingerprint density at radius 2 is 1.94 bits per heavy atom. The van der Waals surface area contributed by atoms with E-state index in [-0.39, 0.29) is 11.2 Å². The van der Waals surface area contributed by atoms with Crippen molar-refractivity contribution in [1.82, 2.24) is 4.57 Å². The van der Waals surface area contributed by atoms with Crippen molar-refractivity contribution >= 4 is 33.2 Å². The van der Waals surface area contributed by atoms with Crippen molar-refractivity contribution in [3.05, 3.63) is 61.9 Å². The van der Waals surface area contributed by atoms with Gasteiger partial charge in [0.05, 0.1) is 12.2 Å². The van der Waals surface area contributed by atoms with E-state index in [4.69, 9.17) is 17.3 Å². The van der Waals surface area contributed by atoms with Crippen molar-refractivity contribution in [1.29, 1.82) is 0 Å². The van der Waals surface area contributed by atoms with Gasteiger partial charge in [-0.05, 0) is 39.7 Å². The number of nitrogens with two attached hydrogens (primary N) is 1. The Morgan fingerprint density at radius 1 is 1.29 bits per heavy atom. The zero-order valence-corrected chi connectivity index (χ0v) is 11.2. The fraction of sp³-hybridized carbons (Fsp3) is 0.0833. The Labute approximate surface area is 112 Å². The summed E-state index contributed by atoms with van der Waals surface area (Å²) >= 11 is 9.11. The molecule has 0 atom stereocenters. The van der Waals surface area contributed by atoms with Crippen molar-refractivity contribution in [2.45, 2.75) is 6.54 Å². The van der Waals surface area contributed by atoms with Gasteiger partial charge in [0.1, 0.15) is 0 Å². The number of pyridine rings is 1. The van der Waals surface area contributed by atoms with Gasteiger partial charge >= 0.3 is 0 Å². The summed E-state index contributed by atoms with van der Waals surface area (Å²) < 4.78 is 2.34. The largest absolute Gasteiger partial charge is 0.394 e. The Bertz CT molecular complexity index is 592. The highest BCUT2D eigenvalue weighted by Gasteiger charge is 2.03. The molecular formula is C12H10BrClN2O. The lowest BCUT2D eigenvalue weighted by atomic mass is 10.2. The van der Waals surface area contributed by atoms with E-state index >= 15 is 0 Å². The molecule has 0 amide bonds. The molecule has 0 saturated heterocycles. The molecule has 2 rings (SSSR count). The number of nitrogen functional groups attached to an aromatic ring is 1. The van der Waals surface area contributed by atoms with E-state index in [0.717, 1.165) is 10.0 Å². The molecule has 1 heterocycles. The second-order valence-electron chi connectivity index (χ2n) is 3.67. The first kappa shape index (κ1) is 12.2. The Kier molecular flexibility index (Phi) is 3.54. The van der Waals surface area contributed by atoms with Crippen molar-refractivity contribution in [3.8, 4) is 0 Å².